The summed E-state index contributed by atoms with van der Waals surface area (Å²) in [6, 6.07) is 31.6. The van der Waals surface area contributed by atoms with Crippen molar-refractivity contribution < 1.29 is 0 Å². The quantitative estimate of drug-likeness (QED) is 0.0991. The number of rotatable bonds is 10. The number of halogens is 2. The number of hydrogen-bond acceptors (Lipinski definition) is 4. The molecular weight excluding hydrogens is 593 g/mol. The maximum atomic E-state index is 4.66. The first-order chi connectivity index (χ1) is 17.8. The Hall–Kier alpha value is -3.23. The molecule has 0 aliphatic carbocycles. The number of unbranched alkanes of at least 4 members (excludes halogenated alkanes) is 2. The zero-order valence-corrected chi connectivity index (χ0v) is 23.4. The molecule has 5 rings (SSSR count). The van der Waals surface area contributed by atoms with Gasteiger partial charge in [-0.15, -0.1) is 12.4 Å². The van der Waals surface area contributed by atoms with Crippen LogP contribution in [-0.4, -0.2) is 26.1 Å². The molecule has 188 valence electrons. The molecule has 5 nitrogen and oxygen atoms in total. The van der Waals surface area contributed by atoms with Gasteiger partial charge in [0.05, 0.1) is 12.9 Å². The van der Waals surface area contributed by atoms with Crippen molar-refractivity contribution in [1.82, 2.24) is 19.5 Å². The Morgan fingerprint density at radius 2 is 1.43 bits per heavy atom. The molecule has 0 spiro atoms. The van der Waals surface area contributed by atoms with Crippen molar-refractivity contribution in [3.63, 3.8) is 0 Å². The molecule has 0 saturated heterocycles. The lowest BCUT2D eigenvalue weighted by atomic mass is 9.96. The van der Waals surface area contributed by atoms with E-state index in [-0.39, 0.29) is 12.4 Å². The zero-order chi connectivity index (χ0) is 24.6. The van der Waals surface area contributed by atoms with E-state index in [1.165, 1.54) is 22.3 Å². The fraction of sp³-hybridized carbons (Fsp3) is 0.167. The molecule has 2 aromatic heterocycles. The molecule has 1 N–H and O–H groups in total. The highest BCUT2D eigenvalue weighted by atomic mass is 127. The molecule has 0 unspecified atom stereocenters. The zero-order valence-electron chi connectivity index (χ0n) is 20.4. The monoisotopic (exact) mass is 621 g/mol. The minimum absolute atomic E-state index is 0. The van der Waals surface area contributed by atoms with Crippen molar-refractivity contribution in [3.05, 3.63) is 124 Å². The molecule has 0 saturated carbocycles. The standard InChI is InChI=1S/C30H28IN5.ClH/c31-30-34-28(27-29(35-30)36(22-33-27)21-23-13-5-1-6-14-23)32-20-12-4-11-19-26(24-15-7-2-8-16-24)25-17-9-3-10-18-25;/h1-3,5-10,13-19,22H,4,11-12,20-21H2,(H,32,34,35);1H. The Bertz CT molecular complexity index is 1400. The van der Waals surface area contributed by atoms with Crippen LogP contribution < -0.4 is 5.32 Å². The molecule has 3 aromatic carbocycles. The lowest BCUT2D eigenvalue weighted by Gasteiger charge is -2.10. The minimum atomic E-state index is 0. The van der Waals surface area contributed by atoms with Crippen molar-refractivity contribution in [3.8, 4) is 0 Å². The molecule has 0 amide bonds. The lowest BCUT2D eigenvalue weighted by molar-refractivity contribution is 0.777. The SMILES string of the molecule is Cl.Ic1nc(NCCCCC=C(c2ccccc2)c2ccccc2)c2ncn(Cc3ccccc3)c2n1. The van der Waals surface area contributed by atoms with E-state index in [0.29, 0.717) is 0 Å². The fourth-order valence-electron chi connectivity index (χ4n) is 4.30. The topological polar surface area (TPSA) is 55.6 Å². The van der Waals surface area contributed by atoms with Crippen LogP contribution in [0.25, 0.3) is 16.7 Å². The lowest BCUT2D eigenvalue weighted by Crippen LogP contribution is -2.07. The summed E-state index contributed by atoms with van der Waals surface area (Å²) in [5, 5.41) is 3.50. The van der Waals surface area contributed by atoms with Gasteiger partial charge in [0.25, 0.3) is 0 Å². The first-order valence-corrected chi connectivity index (χ1v) is 13.3. The second kappa shape index (κ2) is 13.4. The van der Waals surface area contributed by atoms with Gasteiger partial charge in [-0.2, -0.15) is 0 Å². The molecule has 7 heteroatoms. The first-order valence-electron chi connectivity index (χ1n) is 12.2. The van der Waals surface area contributed by atoms with Crippen LogP contribution in [-0.2, 0) is 6.54 Å². The number of nitrogens with one attached hydrogen (secondary N) is 1. The van der Waals surface area contributed by atoms with Gasteiger partial charge in [0.1, 0.15) is 0 Å². The van der Waals surface area contributed by atoms with Crippen LogP contribution in [0.15, 0.2) is 103 Å². The number of allylic oxidation sites excluding steroid dienone is 1. The Balaban J connectivity index is 0.00000320. The fourth-order valence-corrected chi connectivity index (χ4v) is 4.77. The van der Waals surface area contributed by atoms with Crippen LogP contribution >= 0.6 is 35.0 Å². The Labute approximate surface area is 237 Å². The third-order valence-electron chi connectivity index (χ3n) is 6.07. The Kier molecular flexibility index (Phi) is 9.68. The summed E-state index contributed by atoms with van der Waals surface area (Å²) in [4.78, 5) is 13.9. The van der Waals surface area contributed by atoms with Crippen LogP contribution in [0.5, 0.6) is 0 Å². The Morgan fingerprint density at radius 1 is 0.811 bits per heavy atom. The summed E-state index contributed by atoms with van der Waals surface area (Å²) in [6.07, 6.45) is 7.36. The number of nitrogens with zero attached hydrogens (tertiary/aromatic N) is 4. The van der Waals surface area contributed by atoms with Gasteiger partial charge in [-0.3, -0.25) is 0 Å². The highest BCUT2D eigenvalue weighted by Crippen LogP contribution is 2.25. The van der Waals surface area contributed by atoms with E-state index in [1.54, 1.807) is 0 Å². The Morgan fingerprint density at radius 3 is 2.08 bits per heavy atom. The van der Waals surface area contributed by atoms with Gasteiger partial charge in [-0.05, 0) is 41.5 Å². The van der Waals surface area contributed by atoms with Crippen LogP contribution in [0.3, 0.4) is 0 Å². The average Bonchev–Trinajstić information content (AvgIpc) is 3.32. The molecule has 0 bridgehead atoms. The number of aromatic nitrogens is 4. The van der Waals surface area contributed by atoms with Gasteiger partial charge in [-0.25, -0.2) is 15.0 Å². The predicted octanol–water partition coefficient (Wildman–Crippen LogP) is 7.62. The van der Waals surface area contributed by atoms with E-state index < -0.39 is 0 Å². The van der Waals surface area contributed by atoms with Crippen molar-refractivity contribution in [1.29, 1.82) is 0 Å². The molecule has 0 radical (unpaired) electrons. The summed E-state index contributed by atoms with van der Waals surface area (Å²) in [5.41, 5.74) is 6.70. The van der Waals surface area contributed by atoms with E-state index in [2.05, 4.69) is 138 Å². The number of imidazole rings is 1. The van der Waals surface area contributed by atoms with E-state index in [0.717, 1.165) is 53.2 Å². The molecule has 2 heterocycles. The average molecular weight is 622 g/mol. The largest absolute Gasteiger partial charge is 0.368 e. The smallest absolute Gasteiger partial charge is 0.194 e. The van der Waals surface area contributed by atoms with E-state index in [1.807, 2.05) is 12.4 Å². The molecule has 0 atom stereocenters. The normalized spacial score (nSPS) is 10.6. The van der Waals surface area contributed by atoms with E-state index in [9.17, 15) is 0 Å². The van der Waals surface area contributed by atoms with Gasteiger partial charge in [0.15, 0.2) is 20.8 Å². The predicted molar refractivity (Wildman–Crippen MR) is 163 cm³/mol. The summed E-state index contributed by atoms with van der Waals surface area (Å²) in [6.45, 7) is 1.58. The maximum absolute atomic E-state index is 4.66. The van der Waals surface area contributed by atoms with Crippen LogP contribution in [0.1, 0.15) is 36.0 Å². The van der Waals surface area contributed by atoms with Crippen LogP contribution in [0.2, 0.25) is 0 Å². The van der Waals surface area contributed by atoms with Crippen molar-refractivity contribution in [2.75, 3.05) is 11.9 Å². The van der Waals surface area contributed by atoms with Gasteiger partial charge in [0.2, 0.25) is 0 Å². The highest BCUT2D eigenvalue weighted by Gasteiger charge is 2.12. The summed E-state index contributed by atoms with van der Waals surface area (Å²) in [5.74, 6) is 0.806. The van der Waals surface area contributed by atoms with Crippen molar-refractivity contribution >= 4 is 57.6 Å². The van der Waals surface area contributed by atoms with Gasteiger partial charge < -0.3 is 9.88 Å². The van der Waals surface area contributed by atoms with Gasteiger partial charge in [0, 0.05) is 29.1 Å². The number of benzene rings is 3. The van der Waals surface area contributed by atoms with Crippen LogP contribution in [0, 0.1) is 3.83 Å². The summed E-state index contributed by atoms with van der Waals surface area (Å²) >= 11 is 2.18. The second-order valence-corrected chi connectivity index (χ2v) is 9.61. The first kappa shape index (κ1) is 26.8. The van der Waals surface area contributed by atoms with Gasteiger partial charge in [-0.1, -0.05) is 97.1 Å². The number of hydrogen-bond donors (Lipinski definition) is 1. The van der Waals surface area contributed by atoms with Crippen LogP contribution in [0.4, 0.5) is 5.82 Å². The molecule has 0 aliphatic rings. The molecule has 0 aliphatic heterocycles. The highest BCUT2D eigenvalue weighted by molar-refractivity contribution is 14.1. The molecular formula is C30H29ClIN5. The van der Waals surface area contributed by atoms with Gasteiger partial charge >= 0.3 is 0 Å². The molecule has 5 aromatic rings. The number of fused-ring (bicyclic) bond motifs is 1. The van der Waals surface area contributed by atoms with Crippen molar-refractivity contribution in [2.24, 2.45) is 0 Å². The third-order valence-corrected chi connectivity index (χ3v) is 6.56. The maximum Gasteiger partial charge on any atom is 0.194 e. The number of anilines is 1. The summed E-state index contributed by atoms with van der Waals surface area (Å²) < 4.78 is 2.80. The molecule has 37 heavy (non-hydrogen) atoms. The third kappa shape index (κ3) is 6.96. The molecule has 0 fully saturated rings. The van der Waals surface area contributed by atoms with E-state index in [4.69, 9.17) is 0 Å². The van der Waals surface area contributed by atoms with E-state index >= 15 is 0 Å². The second-order valence-electron chi connectivity index (χ2n) is 8.64. The summed E-state index contributed by atoms with van der Waals surface area (Å²) in [7, 11) is 0. The minimum Gasteiger partial charge on any atom is -0.368 e. The van der Waals surface area contributed by atoms with Crippen molar-refractivity contribution in [2.45, 2.75) is 25.8 Å².